The van der Waals surface area contributed by atoms with Crippen molar-refractivity contribution in [3.8, 4) is 5.75 Å². The number of fused-ring (bicyclic) bond motifs is 1. The number of rotatable bonds is 1. The normalized spacial score (nSPS) is 15.3. The monoisotopic (exact) mass is 255 g/mol. The smallest absolute Gasteiger partial charge is 0.133 e. The van der Waals surface area contributed by atoms with Gasteiger partial charge in [-0.25, -0.2) is 0 Å². The first kappa shape index (κ1) is 9.84. The molecule has 1 aromatic rings. The van der Waals surface area contributed by atoms with E-state index in [2.05, 4.69) is 33.4 Å². The number of methoxy groups -OCH3 is 1. The lowest BCUT2D eigenvalue weighted by molar-refractivity contribution is 0.411. The summed E-state index contributed by atoms with van der Waals surface area (Å²) in [5.74, 6) is 0.924. The Morgan fingerprint density at radius 1 is 1.36 bits per heavy atom. The van der Waals surface area contributed by atoms with E-state index >= 15 is 0 Å². The van der Waals surface area contributed by atoms with Gasteiger partial charge in [0.05, 0.1) is 11.6 Å². The summed E-state index contributed by atoms with van der Waals surface area (Å²) in [6.07, 6.45) is 3.64. The van der Waals surface area contributed by atoms with Crippen molar-refractivity contribution in [3.63, 3.8) is 0 Å². The molecule has 2 nitrogen and oxygen atoms in total. The SMILES string of the molecule is COc1cc2c(cc1Br)NCCCC2. The van der Waals surface area contributed by atoms with E-state index < -0.39 is 0 Å². The zero-order valence-electron chi connectivity index (χ0n) is 8.27. The Morgan fingerprint density at radius 2 is 2.21 bits per heavy atom. The second kappa shape index (κ2) is 4.22. The van der Waals surface area contributed by atoms with E-state index in [-0.39, 0.29) is 0 Å². The van der Waals surface area contributed by atoms with Gasteiger partial charge in [-0.1, -0.05) is 0 Å². The Balaban J connectivity index is 2.41. The molecule has 0 spiro atoms. The van der Waals surface area contributed by atoms with Crippen LogP contribution in [0.3, 0.4) is 0 Å². The lowest BCUT2D eigenvalue weighted by Crippen LogP contribution is -2.00. The molecule has 0 radical (unpaired) electrons. The summed E-state index contributed by atoms with van der Waals surface area (Å²) in [4.78, 5) is 0. The zero-order chi connectivity index (χ0) is 9.97. The maximum Gasteiger partial charge on any atom is 0.133 e. The zero-order valence-corrected chi connectivity index (χ0v) is 9.86. The minimum absolute atomic E-state index is 0.924. The van der Waals surface area contributed by atoms with E-state index in [1.54, 1.807) is 7.11 Å². The number of ether oxygens (including phenoxy) is 1. The molecule has 1 aliphatic heterocycles. The van der Waals surface area contributed by atoms with Crippen LogP contribution in [0.2, 0.25) is 0 Å². The molecule has 1 aliphatic rings. The van der Waals surface area contributed by atoms with Gasteiger partial charge in [-0.15, -0.1) is 0 Å². The highest BCUT2D eigenvalue weighted by Gasteiger charge is 2.10. The van der Waals surface area contributed by atoms with E-state index in [4.69, 9.17) is 4.74 Å². The van der Waals surface area contributed by atoms with Gasteiger partial charge in [0.1, 0.15) is 5.75 Å². The molecule has 0 atom stereocenters. The molecule has 1 heterocycles. The number of hydrogen-bond acceptors (Lipinski definition) is 2. The molecular weight excluding hydrogens is 242 g/mol. The maximum atomic E-state index is 5.28. The Morgan fingerprint density at radius 3 is 3.00 bits per heavy atom. The highest BCUT2D eigenvalue weighted by Crippen LogP contribution is 2.33. The van der Waals surface area contributed by atoms with Crippen LogP contribution in [-0.4, -0.2) is 13.7 Å². The summed E-state index contributed by atoms with van der Waals surface area (Å²) in [7, 11) is 1.70. The van der Waals surface area contributed by atoms with Crippen molar-refractivity contribution in [3.05, 3.63) is 22.2 Å². The van der Waals surface area contributed by atoms with Gasteiger partial charge >= 0.3 is 0 Å². The third-order valence-corrected chi connectivity index (χ3v) is 3.19. The van der Waals surface area contributed by atoms with Crippen molar-refractivity contribution in [1.82, 2.24) is 0 Å². The first-order chi connectivity index (χ1) is 6.81. The van der Waals surface area contributed by atoms with Crippen molar-refractivity contribution in [2.45, 2.75) is 19.3 Å². The highest BCUT2D eigenvalue weighted by molar-refractivity contribution is 9.10. The number of hydrogen-bond donors (Lipinski definition) is 1. The van der Waals surface area contributed by atoms with Crippen LogP contribution in [-0.2, 0) is 6.42 Å². The standard InChI is InChI=1S/C11H14BrNO/c1-14-11-6-8-4-2-3-5-13-10(8)7-9(11)12/h6-7,13H,2-5H2,1H3. The molecule has 1 aromatic carbocycles. The maximum absolute atomic E-state index is 5.28. The summed E-state index contributed by atoms with van der Waals surface area (Å²) in [5.41, 5.74) is 2.61. The van der Waals surface area contributed by atoms with Gasteiger partial charge in [-0.2, -0.15) is 0 Å². The first-order valence-corrected chi connectivity index (χ1v) is 5.71. The van der Waals surface area contributed by atoms with Gasteiger partial charge in [0.15, 0.2) is 0 Å². The van der Waals surface area contributed by atoms with Crippen molar-refractivity contribution in [1.29, 1.82) is 0 Å². The van der Waals surface area contributed by atoms with Gasteiger partial charge in [0.25, 0.3) is 0 Å². The molecule has 76 valence electrons. The van der Waals surface area contributed by atoms with Gasteiger partial charge < -0.3 is 10.1 Å². The van der Waals surface area contributed by atoms with Gasteiger partial charge in [0.2, 0.25) is 0 Å². The quantitative estimate of drug-likeness (QED) is 0.833. The molecule has 0 fully saturated rings. The van der Waals surface area contributed by atoms with E-state index in [0.717, 1.165) is 23.2 Å². The van der Waals surface area contributed by atoms with Crippen LogP contribution in [0.4, 0.5) is 5.69 Å². The minimum Gasteiger partial charge on any atom is -0.496 e. The number of nitrogens with one attached hydrogen (secondary N) is 1. The molecule has 0 amide bonds. The fourth-order valence-electron chi connectivity index (χ4n) is 1.79. The second-order valence-electron chi connectivity index (χ2n) is 3.53. The van der Waals surface area contributed by atoms with E-state index in [1.807, 2.05) is 0 Å². The van der Waals surface area contributed by atoms with Crippen molar-refractivity contribution >= 4 is 21.6 Å². The highest BCUT2D eigenvalue weighted by atomic mass is 79.9. The number of anilines is 1. The first-order valence-electron chi connectivity index (χ1n) is 4.91. The Hall–Kier alpha value is -0.700. The van der Waals surface area contributed by atoms with Crippen LogP contribution >= 0.6 is 15.9 Å². The molecule has 3 heteroatoms. The van der Waals surface area contributed by atoms with Crippen molar-refractivity contribution < 1.29 is 4.74 Å². The van der Waals surface area contributed by atoms with E-state index in [0.29, 0.717) is 0 Å². The van der Waals surface area contributed by atoms with Crippen molar-refractivity contribution in [2.24, 2.45) is 0 Å². The Bertz CT molecular complexity index is 338. The molecule has 14 heavy (non-hydrogen) atoms. The van der Waals surface area contributed by atoms with Crippen LogP contribution in [0, 0.1) is 0 Å². The molecular formula is C11H14BrNO. The molecule has 0 bridgehead atoms. The summed E-state index contributed by atoms with van der Waals surface area (Å²) >= 11 is 3.50. The predicted octanol–water partition coefficient (Wildman–Crippen LogP) is 3.21. The van der Waals surface area contributed by atoms with Crippen LogP contribution in [0.15, 0.2) is 16.6 Å². The molecule has 0 aliphatic carbocycles. The third kappa shape index (κ3) is 1.87. The van der Waals surface area contributed by atoms with E-state index in [1.165, 1.54) is 24.1 Å². The van der Waals surface area contributed by atoms with Crippen molar-refractivity contribution in [2.75, 3.05) is 19.0 Å². The molecule has 0 saturated carbocycles. The van der Waals surface area contributed by atoms with Gasteiger partial charge in [0, 0.05) is 12.2 Å². The van der Waals surface area contributed by atoms with Gasteiger partial charge in [-0.3, -0.25) is 0 Å². The largest absolute Gasteiger partial charge is 0.496 e. The number of halogens is 1. The average molecular weight is 256 g/mol. The van der Waals surface area contributed by atoms with Crippen LogP contribution in [0.25, 0.3) is 0 Å². The predicted molar refractivity (Wildman–Crippen MR) is 62.1 cm³/mol. The minimum atomic E-state index is 0.924. The van der Waals surface area contributed by atoms with Crippen LogP contribution in [0.1, 0.15) is 18.4 Å². The summed E-state index contributed by atoms with van der Waals surface area (Å²) in [6, 6.07) is 4.23. The summed E-state index contributed by atoms with van der Waals surface area (Å²) < 4.78 is 6.30. The Labute approximate surface area is 92.8 Å². The van der Waals surface area contributed by atoms with Crippen LogP contribution in [0.5, 0.6) is 5.75 Å². The molecule has 2 rings (SSSR count). The number of benzene rings is 1. The van der Waals surface area contributed by atoms with Crippen LogP contribution < -0.4 is 10.1 Å². The molecule has 0 aromatic heterocycles. The summed E-state index contributed by atoms with van der Waals surface area (Å²) in [5, 5.41) is 3.43. The topological polar surface area (TPSA) is 21.3 Å². The fraction of sp³-hybridized carbons (Fsp3) is 0.455. The van der Waals surface area contributed by atoms with E-state index in [9.17, 15) is 0 Å². The molecule has 0 unspecified atom stereocenters. The fourth-order valence-corrected chi connectivity index (χ4v) is 2.29. The Kier molecular flexibility index (Phi) is 2.96. The molecule has 1 N–H and O–H groups in total. The lowest BCUT2D eigenvalue weighted by Gasteiger charge is -2.11. The molecule has 0 saturated heterocycles. The third-order valence-electron chi connectivity index (χ3n) is 2.57. The number of aryl methyl sites for hydroxylation is 1. The second-order valence-corrected chi connectivity index (χ2v) is 4.38. The van der Waals surface area contributed by atoms with Gasteiger partial charge in [-0.05, 0) is 52.9 Å². The summed E-state index contributed by atoms with van der Waals surface area (Å²) in [6.45, 7) is 1.08. The average Bonchev–Trinajstić information content (AvgIpc) is 2.41. The lowest BCUT2D eigenvalue weighted by atomic mass is 10.1.